The zero-order valence-corrected chi connectivity index (χ0v) is 15.3. The van der Waals surface area contributed by atoms with E-state index in [1.54, 1.807) is 7.11 Å². The lowest BCUT2D eigenvalue weighted by atomic mass is 9.85. The van der Waals surface area contributed by atoms with Crippen LogP contribution in [0.5, 0.6) is 5.75 Å². The molecular formula is C17H28BrNO. The van der Waals surface area contributed by atoms with Crippen molar-refractivity contribution in [1.82, 2.24) is 5.32 Å². The molecule has 1 N–H and O–H groups in total. The molecule has 0 heterocycles. The summed E-state index contributed by atoms with van der Waals surface area (Å²) in [5, 5.41) is 3.45. The number of methoxy groups -OCH3 is 1. The third-order valence-electron chi connectivity index (χ3n) is 3.90. The molecule has 0 unspecified atom stereocenters. The Balaban J connectivity index is 2.92. The minimum Gasteiger partial charge on any atom is -0.496 e. The van der Waals surface area contributed by atoms with Crippen molar-refractivity contribution >= 4 is 15.9 Å². The first-order chi connectivity index (χ1) is 9.32. The van der Waals surface area contributed by atoms with Crippen LogP contribution in [0, 0.1) is 19.3 Å². The monoisotopic (exact) mass is 341 g/mol. The van der Waals surface area contributed by atoms with E-state index in [-0.39, 0.29) is 0 Å². The van der Waals surface area contributed by atoms with Crippen LogP contribution in [0.25, 0.3) is 0 Å². The summed E-state index contributed by atoms with van der Waals surface area (Å²) in [5.74, 6) is 1.05. The summed E-state index contributed by atoms with van der Waals surface area (Å²) in [7, 11) is 1.77. The highest BCUT2D eigenvalue weighted by molar-refractivity contribution is 9.10. The first-order valence-corrected chi connectivity index (χ1v) is 8.15. The summed E-state index contributed by atoms with van der Waals surface area (Å²) in [6.45, 7) is 13.2. The summed E-state index contributed by atoms with van der Waals surface area (Å²) in [5.41, 5.74) is 4.13. The van der Waals surface area contributed by atoms with E-state index < -0.39 is 0 Å². The van der Waals surface area contributed by atoms with Gasteiger partial charge in [0, 0.05) is 11.0 Å². The number of nitrogens with one attached hydrogen (secondary N) is 1. The molecule has 0 saturated carbocycles. The van der Waals surface area contributed by atoms with Crippen molar-refractivity contribution < 1.29 is 4.74 Å². The van der Waals surface area contributed by atoms with Crippen LogP contribution < -0.4 is 10.1 Å². The Labute approximate surface area is 132 Å². The van der Waals surface area contributed by atoms with Crippen molar-refractivity contribution in [2.24, 2.45) is 5.41 Å². The lowest BCUT2D eigenvalue weighted by Gasteiger charge is -2.26. The van der Waals surface area contributed by atoms with Crippen LogP contribution in [0.1, 0.15) is 43.9 Å². The SMILES string of the molecule is CCNCC(C)(C)CCc1c(C)c(Br)cc(C)c1OC. The molecule has 1 aromatic carbocycles. The second kappa shape index (κ2) is 7.46. The molecule has 0 bridgehead atoms. The van der Waals surface area contributed by atoms with Gasteiger partial charge in [-0.2, -0.15) is 0 Å². The molecule has 0 spiro atoms. The van der Waals surface area contributed by atoms with E-state index >= 15 is 0 Å². The first-order valence-electron chi connectivity index (χ1n) is 7.35. The molecule has 114 valence electrons. The highest BCUT2D eigenvalue weighted by atomic mass is 79.9. The Morgan fingerprint density at radius 2 is 1.95 bits per heavy atom. The van der Waals surface area contributed by atoms with Crippen molar-refractivity contribution in [2.75, 3.05) is 20.2 Å². The van der Waals surface area contributed by atoms with Gasteiger partial charge in [-0.25, -0.2) is 0 Å². The molecule has 0 amide bonds. The molecule has 0 aromatic heterocycles. The molecule has 2 nitrogen and oxygen atoms in total. The minimum absolute atomic E-state index is 0.295. The largest absolute Gasteiger partial charge is 0.496 e. The third-order valence-corrected chi connectivity index (χ3v) is 4.72. The Kier molecular flexibility index (Phi) is 6.53. The fraction of sp³-hybridized carbons (Fsp3) is 0.647. The van der Waals surface area contributed by atoms with Crippen molar-refractivity contribution in [3.8, 4) is 5.75 Å². The van der Waals surface area contributed by atoms with Crippen LogP contribution in [-0.4, -0.2) is 20.2 Å². The van der Waals surface area contributed by atoms with Gasteiger partial charge >= 0.3 is 0 Å². The predicted molar refractivity (Wildman–Crippen MR) is 90.8 cm³/mol. The number of ether oxygens (including phenoxy) is 1. The number of aryl methyl sites for hydroxylation is 1. The molecule has 3 heteroatoms. The van der Waals surface area contributed by atoms with Gasteiger partial charge < -0.3 is 10.1 Å². The van der Waals surface area contributed by atoms with Crippen molar-refractivity contribution in [3.63, 3.8) is 0 Å². The molecule has 0 radical (unpaired) electrons. The molecule has 0 aliphatic heterocycles. The van der Waals surface area contributed by atoms with E-state index in [1.165, 1.54) is 21.2 Å². The van der Waals surface area contributed by atoms with E-state index in [0.717, 1.165) is 31.7 Å². The molecule has 0 saturated heterocycles. The number of hydrogen-bond donors (Lipinski definition) is 1. The van der Waals surface area contributed by atoms with Gasteiger partial charge in [-0.05, 0) is 61.4 Å². The van der Waals surface area contributed by atoms with Crippen LogP contribution in [0.4, 0.5) is 0 Å². The maximum Gasteiger partial charge on any atom is 0.125 e. The van der Waals surface area contributed by atoms with Gasteiger partial charge in [-0.1, -0.05) is 36.7 Å². The number of benzene rings is 1. The average Bonchev–Trinajstić information content (AvgIpc) is 2.39. The fourth-order valence-electron chi connectivity index (χ4n) is 2.52. The summed E-state index contributed by atoms with van der Waals surface area (Å²) >= 11 is 3.65. The third kappa shape index (κ3) is 4.49. The Morgan fingerprint density at radius 3 is 2.50 bits per heavy atom. The van der Waals surface area contributed by atoms with Crippen molar-refractivity contribution in [1.29, 1.82) is 0 Å². The van der Waals surface area contributed by atoms with E-state index in [0.29, 0.717) is 5.41 Å². The molecule has 1 aromatic rings. The number of halogens is 1. The van der Waals surface area contributed by atoms with E-state index in [9.17, 15) is 0 Å². The fourth-order valence-corrected chi connectivity index (χ4v) is 3.10. The van der Waals surface area contributed by atoms with Gasteiger partial charge in [0.2, 0.25) is 0 Å². The van der Waals surface area contributed by atoms with Crippen LogP contribution in [0.2, 0.25) is 0 Å². The first kappa shape index (κ1) is 17.5. The zero-order chi connectivity index (χ0) is 15.3. The molecule has 0 aliphatic carbocycles. The van der Waals surface area contributed by atoms with Gasteiger partial charge in [-0.15, -0.1) is 0 Å². The molecular weight excluding hydrogens is 314 g/mol. The van der Waals surface area contributed by atoms with Gasteiger partial charge in [0.25, 0.3) is 0 Å². The van der Waals surface area contributed by atoms with Gasteiger partial charge in [-0.3, -0.25) is 0 Å². The highest BCUT2D eigenvalue weighted by Crippen LogP contribution is 2.35. The van der Waals surface area contributed by atoms with Crippen LogP contribution in [0.3, 0.4) is 0 Å². The molecule has 0 aliphatic rings. The van der Waals surface area contributed by atoms with E-state index in [2.05, 4.69) is 61.9 Å². The average molecular weight is 342 g/mol. The smallest absolute Gasteiger partial charge is 0.125 e. The topological polar surface area (TPSA) is 21.3 Å². The molecule has 1 rings (SSSR count). The van der Waals surface area contributed by atoms with Crippen LogP contribution in [0.15, 0.2) is 10.5 Å². The van der Waals surface area contributed by atoms with Crippen molar-refractivity contribution in [3.05, 3.63) is 27.2 Å². The second-order valence-corrected chi connectivity index (χ2v) is 7.11. The van der Waals surface area contributed by atoms with Gasteiger partial charge in [0.1, 0.15) is 5.75 Å². The highest BCUT2D eigenvalue weighted by Gasteiger charge is 2.20. The second-order valence-electron chi connectivity index (χ2n) is 6.26. The molecule has 0 atom stereocenters. The number of rotatable bonds is 7. The summed E-state index contributed by atoms with van der Waals surface area (Å²) in [6.07, 6.45) is 2.20. The summed E-state index contributed by atoms with van der Waals surface area (Å²) in [4.78, 5) is 0. The molecule has 20 heavy (non-hydrogen) atoms. The maximum absolute atomic E-state index is 5.62. The van der Waals surface area contributed by atoms with Crippen LogP contribution in [-0.2, 0) is 6.42 Å². The number of hydrogen-bond acceptors (Lipinski definition) is 2. The van der Waals surface area contributed by atoms with E-state index in [4.69, 9.17) is 4.74 Å². The van der Waals surface area contributed by atoms with E-state index in [1.807, 2.05) is 0 Å². The Bertz CT molecular complexity index is 455. The van der Waals surface area contributed by atoms with Gasteiger partial charge in [0.05, 0.1) is 7.11 Å². The minimum atomic E-state index is 0.295. The Morgan fingerprint density at radius 1 is 1.30 bits per heavy atom. The lowest BCUT2D eigenvalue weighted by molar-refractivity contribution is 0.314. The van der Waals surface area contributed by atoms with Gasteiger partial charge in [0.15, 0.2) is 0 Å². The zero-order valence-electron chi connectivity index (χ0n) is 13.7. The van der Waals surface area contributed by atoms with Crippen molar-refractivity contribution in [2.45, 2.75) is 47.5 Å². The summed E-state index contributed by atoms with van der Waals surface area (Å²) < 4.78 is 6.80. The quantitative estimate of drug-likeness (QED) is 0.779. The predicted octanol–water partition coefficient (Wildman–Crippen LogP) is 4.64. The Hall–Kier alpha value is -0.540. The normalized spacial score (nSPS) is 11.8. The maximum atomic E-state index is 5.62. The lowest BCUT2D eigenvalue weighted by Crippen LogP contribution is -2.29. The standard InChI is InChI=1S/C17H28BrNO/c1-7-19-11-17(4,5)9-8-14-13(3)15(18)10-12(2)16(14)20-6/h10,19H,7-9,11H2,1-6H3. The van der Waals surface area contributed by atoms with Crippen LogP contribution >= 0.6 is 15.9 Å². The molecule has 0 fully saturated rings. The summed E-state index contributed by atoms with van der Waals surface area (Å²) in [6, 6.07) is 2.14.